The van der Waals surface area contributed by atoms with Gasteiger partial charge in [-0.25, -0.2) is 4.79 Å². The van der Waals surface area contributed by atoms with Gasteiger partial charge in [0.15, 0.2) is 5.60 Å². The van der Waals surface area contributed by atoms with E-state index in [2.05, 4.69) is 0 Å². The van der Waals surface area contributed by atoms with Crippen molar-refractivity contribution in [2.24, 2.45) is 0 Å². The summed E-state index contributed by atoms with van der Waals surface area (Å²) in [5, 5.41) is 9.41. The standard InChI is InChI=1S/C20H16O3/c21-19(22)23-20(16-10-4-1-5-11-16,17-12-6-2-7-13-17)18-14-8-3-9-15-18/h1-15H,(H,21,22). The fourth-order valence-corrected chi connectivity index (χ4v) is 2.83. The molecule has 0 unspecified atom stereocenters. The number of benzene rings is 3. The molecule has 0 heterocycles. The first-order valence-electron chi connectivity index (χ1n) is 7.32. The largest absolute Gasteiger partial charge is 0.507 e. The van der Waals surface area contributed by atoms with Crippen LogP contribution >= 0.6 is 0 Å². The molecule has 114 valence electrons. The third-order valence-electron chi connectivity index (χ3n) is 3.78. The van der Waals surface area contributed by atoms with Crippen LogP contribution < -0.4 is 0 Å². The van der Waals surface area contributed by atoms with E-state index in [1.807, 2.05) is 91.0 Å². The maximum atomic E-state index is 11.5. The van der Waals surface area contributed by atoms with Crippen LogP contribution in [0, 0.1) is 0 Å². The van der Waals surface area contributed by atoms with Gasteiger partial charge in [-0.1, -0.05) is 91.0 Å². The van der Waals surface area contributed by atoms with Gasteiger partial charge in [0, 0.05) is 16.7 Å². The highest BCUT2D eigenvalue weighted by molar-refractivity contribution is 5.62. The zero-order valence-corrected chi connectivity index (χ0v) is 12.4. The molecule has 3 nitrogen and oxygen atoms in total. The smallest absolute Gasteiger partial charge is 0.450 e. The van der Waals surface area contributed by atoms with Crippen LogP contribution in [0.2, 0.25) is 0 Å². The van der Waals surface area contributed by atoms with Crippen molar-refractivity contribution in [2.45, 2.75) is 5.60 Å². The molecule has 3 aromatic carbocycles. The average molecular weight is 304 g/mol. The Bertz CT molecular complexity index is 671. The Morgan fingerprint density at radius 2 is 0.957 bits per heavy atom. The van der Waals surface area contributed by atoms with E-state index in [0.717, 1.165) is 16.7 Å². The van der Waals surface area contributed by atoms with Crippen molar-refractivity contribution < 1.29 is 14.6 Å². The van der Waals surface area contributed by atoms with Crippen molar-refractivity contribution in [3.8, 4) is 0 Å². The number of carboxylic acid groups (broad SMARTS) is 1. The fourth-order valence-electron chi connectivity index (χ4n) is 2.83. The average Bonchev–Trinajstić information content (AvgIpc) is 2.62. The molecule has 0 saturated heterocycles. The van der Waals surface area contributed by atoms with E-state index < -0.39 is 11.8 Å². The highest BCUT2D eigenvalue weighted by Gasteiger charge is 2.40. The van der Waals surface area contributed by atoms with E-state index >= 15 is 0 Å². The molecular weight excluding hydrogens is 288 g/mol. The summed E-state index contributed by atoms with van der Waals surface area (Å²) in [6, 6.07) is 28.2. The molecule has 23 heavy (non-hydrogen) atoms. The van der Waals surface area contributed by atoms with Gasteiger partial charge in [-0.2, -0.15) is 0 Å². The minimum absolute atomic E-state index is 0.764. The SMILES string of the molecule is O=C(O)OC(c1ccccc1)(c1ccccc1)c1ccccc1. The van der Waals surface area contributed by atoms with Gasteiger partial charge in [-0.3, -0.25) is 0 Å². The fraction of sp³-hybridized carbons (Fsp3) is 0.0500. The molecule has 0 aliphatic carbocycles. The molecule has 0 aliphatic heterocycles. The highest BCUT2D eigenvalue weighted by Crippen LogP contribution is 2.40. The lowest BCUT2D eigenvalue weighted by atomic mass is 9.80. The van der Waals surface area contributed by atoms with E-state index in [4.69, 9.17) is 4.74 Å². The van der Waals surface area contributed by atoms with Crippen molar-refractivity contribution in [3.63, 3.8) is 0 Å². The van der Waals surface area contributed by atoms with Crippen molar-refractivity contribution in [2.75, 3.05) is 0 Å². The normalized spacial score (nSPS) is 11.0. The van der Waals surface area contributed by atoms with Gasteiger partial charge in [0.1, 0.15) is 0 Å². The minimum Gasteiger partial charge on any atom is -0.450 e. The van der Waals surface area contributed by atoms with E-state index in [-0.39, 0.29) is 0 Å². The first kappa shape index (κ1) is 14.9. The maximum absolute atomic E-state index is 11.5. The minimum atomic E-state index is -1.32. The molecule has 0 amide bonds. The molecular formula is C20H16O3. The Balaban J connectivity index is 2.32. The molecule has 0 spiro atoms. The highest BCUT2D eigenvalue weighted by atomic mass is 16.7. The molecule has 0 bridgehead atoms. The first-order valence-corrected chi connectivity index (χ1v) is 7.32. The van der Waals surface area contributed by atoms with E-state index in [9.17, 15) is 9.90 Å². The third-order valence-corrected chi connectivity index (χ3v) is 3.78. The predicted molar refractivity (Wildman–Crippen MR) is 88.3 cm³/mol. The monoisotopic (exact) mass is 304 g/mol. The quantitative estimate of drug-likeness (QED) is 0.562. The van der Waals surface area contributed by atoms with Crippen LogP contribution in [-0.2, 0) is 10.3 Å². The molecule has 1 N–H and O–H groups in total. The maximum Gasteiger partial charge on any atom is 0.507 e. The number of ether oxygens (including phenoxy) is 1. The zero-order chi connectivity index (χ0) is 16.1. The Morgan fingerprint density at radius 1 is 0.652 bits per heavy atom. The number of hydrogen-bond acceptors (Lipinski definition) is 2. The molecule has 0 radical (unpaired) electrons. The van der Waals surface area contributed by atoms with Crippen LogP contribution in [-0.4, -0.2) is 11.3 Å². The van der Waals surface area contributed by atoms with Gasteiger partial charge < -0.3 is 9.84 Å². The topological polar surface area (TPSA) is 46.5 Å². The second-order valence-electron chi connectivity index (χ2n) is 5.15. The Morgan fingerprint density at radius 3 is 1.22 bits per heavy atom. The van der Waals surface area contributed by atoms with Gasteiger partial charge in [-0.05, 0) is 0 Å². The van der Waals surface area contributed by atoms with Gasteiger partial charge in [0.25, 0.3) is 0 Å². The second kappa shape index (κ2) is 6.36. The predicted octanol–water partition coefficient (Wildman–Crippen LogP) is 4.67. The second-order valence-corrected chi connectivity index (χ2v) is 5.15. The third kappa shape index (κ3) is 2.81. The van der Waals surface area contributed by atoms with E-state index in [1.165, 1.54) is 0 Å². The summed E-state index contributed by atoms with van der Waals surface area (Å²) in [5.74, 6) is 0. The van der Waals surface area contributed by atoms with E-state index in [1.54, 1.807) is 0 Å². The number of carbonyl (C=O) groups is 1. The van der Waals surface area contributed by atoms with Gasteiger partial charge in [0.2, 0.25) is 0 Å². The van der Waals surface area contributed by atoms with Crippen molar-refractivity contribution >= 4 is 6.16 Å². The summed E-state index contributed by atoms with van der Waals surface area (Å²) >= 11 is 0. The lowest BCUT2D eigenvalue weighted by Gasteiger charge is -2.34. The van der Waals surface area contributed by atoms with Crippen molar-refractivity contribution in [1.29, 1.82) is 0 Å². The Hall–Kier alpha value is -3.07. The molecule has 3 aromatic rings. The molecule has 0 fully saturated rings. The number of hydrogen-bond donors (Lipinski definition) is 1. The van der Waals surface area contributed by atoms with Crippen LogP contribution in [0.15, 0.2) is 91.0 Å². The summed E-state index contributed by atoms with van der Waals surface area (Å²) in [6.45, 7) is 0. The molecule has 0 saturated carbocycles. The lowest BCUT2D eigenvalue weighted by Crippen LogP contribution is -2.34. The first-order chi connectivity index (χ1) is 11.2. The summed E-state index contributed by atoms with van der Waals surface area (Å²) in [7, 11) is 0. The Kier molecular flexibility index (Phi) is 4.11. The van der Waals surface area contributed by atoms with Gasteiger partial charge in [-0.15, -0.1) is 0 Å². The molecule has 3 rings (SSSR count). The van der Waals surface area contributed by atoms with Gasteiger partial charge in [0.05, 0.1) is 0 Å². The van der Waals surface area contributed by atoms with Crippen LogP contribution in [0.25, 0.3) is 0 Å². The van der Waals surface area contributed by atoms with Crippen LogP contribution in [0.4, 0.5) is 4.79 Å². The Labute approximate surface area is 134 Å². The van der Waals surface area contributed by atoms with Crippen molar-refractivity contribution in [3.05, 3.63) is 108 Å². The summed E-state index contributed by atoms with van der Waals surface area (Å²) in [4.78, 5) is 11.5. The summed E-state index contributed by atoms with van der Waals surface area (Å²) < 4.78 is 5.51. The number of rotatable bonds is 4. The van der Waals surface area contributed by atoms with Gasteiger partial charge >= 0.3 is 6.16 Å². The van der Waals surface area contributed by atoms with Crippen LogP contribution in [0.5, 0.6) is 0 Å². The van der Waals surface area contributed by atoms with Crippen LogP contribution in [0.1, 0.15) is 16.7 Å². The summed E-state index contributed by atoms with van der Waals surface area (Å²) in [5.41, 5.74) is 1.09. The van der Waals surface area contributed by atoms with Crippen LogP contribution in [0.3, 0.4) is 0 Å². The zero-order valence-electron chi connectivity index (χ0n) is 12.4. The van der Waals surface area contributed by atoms with E-state index in [0.29, 0.717) is 0 Å². The van der Waals surface area contributed by atoms with Crippen molar-refractivity contribution in [1.82, 2.24) is 0 Å². The molecule has 0 aliphatic rings. The lowest BCUT2D eigenvalue weighted by molar-refractivity contribution is 0.0259. The molecule has 3 heteroatoms. The molecule has 0 aromatic heterocycles. The summed E-state index contributed by atoms with van der Waals surface area (Å²) in [6.07, 6.45) is -1.32. The molecule has 0 atom stereocenters.